The molecule has 0 saturated heterocycles. The van der Waals surface area contributed by atoms with Crippen LogP contribution in [0.3, 0.4) is 0 Å². The van der Waals surface area contributed by atoms with Gasteiger partial charge in [0.05, 0.1) is 24.0 Å². The average Bonchev–Trinajstić information content (AvgIpc) is 3.00. The van der Waals surface area contributed by atoms with E-state index in [4.69, 9.17) is 6.42 Å². The van der Waals surface area contributed by atoms with Gasteiger partial charge in [-0.05, 0) is 88.9 Å². The first-order valence-electron chi connectivity index (χ1n) is 17.6. The third-order valence-corrected chi connectivity index (χ3v) is 11.6. The molecule has 10 nitrogen and oxygen atoms in total. The van der Waals surface area contributed by atoms with Crippen LogP contribution in [0.5, 0.6) is 0 Å². The molecule has 4 N–H and O–H groups in total. The second-order valence-electron chi connectivity index (χ2n) is 14.1. The number of aliphatic hydroxyl groups is 2. The lowest BCUT2D eigenvalue weighted by Gasteiger charge is -2.37. The van der Waals surface area contributed by atoms with E-state index in [2.05, 4.69) is 29.9 Å². The first-order valence-corrected chi connectivity index (χ1v) is 19.2. The van der Waals surface area contributed by atoms with E-state index in [1.807, 2.05) is 4.90 Å². The summed E-state index contributed by atoms with van der Waals surface area (Å²) in [5.41, 5.74) is 0. The molecule has 0 aromatic rings. The Bertz CT molecular complexity index is 1060. The number of aliphatic hydroxyl groups excluding tert-OH is 2. The fourth-order valence-electron chi connectivity index (χ4n) is 7.74. The van der Waals surface area contributed by atoms with Crippen LogP contribution in [0.4, 0.5) is 0 Å². The first kappa shape index (κ1) is 37.7. The monoisotopic (exact) mass is 652 g/mol. The number of hydrogen-bond donors (Lipinski definition) is 4. The molecule has 0 aliphatic heterocycles. The third-order valence-electron chi connectivity index (χ3n) is 10.1. The Kier molecular flexibility index (Phi) is 15.6. The molecule has 0 aromatic carbocycles. The van der Waals surface area contributed by atoms with Gasteiger partial charge in [0.25, 0.3) is 0 Å². The number of nitrogens with zero attached hydrogens (tertiary/aromatic N) is 2. The highest BCUT2D eigenvalue weighted by Gasteiger charge is 2.39. The predicted molar refractivity (Wildman–Crippen MR) is 177 cm³/mol. The number of terminal acetylenes is 1. The topological polar surface area (TPSA) is 139 Å². The van der Waals surface area contributed by atoms with Crippen LogP contribution < -0.4 is 10.1 Å². The zero-order valence-corrected chi connectivity index (χ0v) is 28.8. The number of carbonyl (C=O) groups is 2. The van der Waals surface area contributed by atoms with E-state index in [9.17, 15) is 28.2 Å². The summed E-state index contributed by atoms with van der Waals surface area (Å²) < 4.78 is 25.8. The summed E-state index contributed by atoms with van der Waals surface area (Å²) in [6, 6.07) is -0.611. The molecule has 5 atom stereocenters. The fraction of sp³-hybridized carbons (Fsp3) is 0.882. The van der Waals surface area contributed by atoms with Crippen molar-refractivity contribution in [2.75, 3.05) is 32.4 Å². The molecule has 258 valence electrons. The maximum atomic E-state index is 13.8. The maximum Gasteiger partial charge on any atom is 0.225 e. The SMILES string of the molecule is C#CC1CC(C(=O)NC(CC2CCC(O)CC2)C(O)CN(C)NS(=O)(=O)CC2CCCCC2)CC(C(=O)N(CCC)CCC)C1. The Balaban J connectivity index is 1.68. The summed E-state index contributed by atoms with van der Waals surface area (Å²) in [5, 5.41) is 26.0. The number of likely N-dealkylation sites (N-methyl/N-ethyl adjacent to an activating group) is 1. The Morgan fingerprint density at radius 2 is 1.56 bits per heavy atom. The highest BCUT2D eigenvalue weighted by Crippen LogP contribution is 2.35. The Morgan fingerprint density at radius 3 is 2.16 bits per heavy atom. The number of rotatable bonds is 16. The summed E-state index contributed by atoms with van der Waals surface area (Å²) in [7, 11) is -1.97. The number of hydrazine groups is 1. The zero-order valence-electron chi connectivity index (χ0n) is 28.0. The lowest BCUT2D eigenvalue weighted by atomic mass is 9.74. The maximum absolute atomic E-state index is 13.8. The zero-order chi connectivity index (χ0) is 33.0. The van der Waals surface area contributed by atoms with E-state index in [0.29, 0.717) is 51.6 Å². The van der Waals surface area contributed by atoms with Crippen LogP contribution in [0.15, 0.2) is 0 Å². The largest absolute Gasteiger partial charge is 0.393 e. The lowest BCUT2D eigenvalue weighted by molar-refractivity contribution is -0.139. The van der Waals surface area contributed by atoms with Gasteiger partial charge in [-0.2, -0.15) is 0 Å². The molecule has 3 aliphatic carbocycles. The van der Waals surface area contributed by atoms with Crippen molar-refractivity contribution in [3.05, 3.63) is 0 Å². The molecule has 5 unspecified atom stereocenters. The molecule has 3 rings (SSSR count). The fourth-order valence-corrected chi connectivity index (χ4v) is 9.32. The van der Waals surface area contributed by atoms with Crippen LogP contribution in [0.25, 0.3) is 0 Å². The molecule has 0 heterocycles. The van der Waals surface area contributed by atoms with E-state index in [1.165, 1.54) is 5.01 Å². The normalized spacial score (nSPS) is 27.8. The van der Waals surface area contributed by atoms with Gasteiger partial charge >= 0.3 is 0 Å². The molecule has 0 radical (unpaired) electrons. The van der Waals surface area contributed by atoms with Gasteiger partial charge in [0.15, 0.2) is 0 Å². The van der Waals surface area contributed by atoms with Gasteiger partial charge in [0, 0.05) is 44.4 Å². The lowest BCUT2D eigenvalue weighted by Crippen LogP contribution is -2.54. The van der Waals surface area contributed by atoms with Gasteiger partial charge in [-0.25, -0.2) is 13.4 Å². The van der Waals surface area contributed by atoms with Crippen molar-refractivity contribution >= 4 is 21.8 Å². The molecule has 3 aliphatic rings. The van der Waals surface area contributed by atoms with Gasteiger partial charge < -0.3 is 20.4 Å². The van der Waals surface area contributed by atoms with E-state index < -0.39 is 28.1 Å². The summed E-state index contributed by atoms with van der Waals surface area (Å²) in [6.07, 6.45) is 16.3. The molecular formula is C34H60N4O6S. The second-order valence-corrected chi connectivity index (χ2v) is 15.9. The molecule has 45 heavy (non-hydrogen) atoms. The van der Waals surface area contributed by atoms with Crippen LogP contribution in [-0.2, 0) is 19.6 Å². The molecule has 11 heteroatoms. The first-order chi connectivity index (χ1) is 21.4. The number of sulfonamides is 1. The summed E-state index contributed by atoms with van der Waals surface area (Å²) >= 11 is 0. The Hall–Kier alpha value is -1.71. The second kappa shape index (κ2) is 18.6. The van der Waals surface area contributed by atoms with Gasteiger partial charge in [-0.15, -0.1) is 17.2 Å². The Labute approximate surface area is 272 Å². The summed E-state index contributed by atoms with van der Waals surface area (Å²) in [5.74, 6) is 2.15. The van der Waals surface area contributed by atoms with Gasteiger partial charge in [-0.3, -0.25) is 9.59 Å². The van der Waals surface area contributed by atoms with Crippen molar-refractivity contribution in [1.82, 2.24) is 20.1 Å². The van der Waals surface area contributed by atoms with Crippen LogP contribution in [-0.4, -0.2) is 91.0 Å². The molecule has 0 bridgehead atoms. The minimum atomic E-state index is -3.57. The van der Waals surface area contributed by atoms with Gasteiger partial charge in [-0.1, -0.05) is 33.1 Å². The van der Waals surface area contributed by atoms with Crippen molar-refractivity contribution in [2.45, 2.75) is 128 Å². The van der Waals surface area contributed by atoms with E-state index >= 15 is 0 Å². The molecule has 2 amide bonds. The van der Waals surface area contributed by atoms with Crippen LogP contribution in [0.2, 0.25) is 0 Å². The minimum absolute atomic E-state index is 0.00589. The number of hydrogen-bond acceptors (Lipinski definition) is 7. The van der Waals surface area contributed by atoms with Gasteiger partial charge in [0.2, 0.25) is 21.8 Å². The summed E-state index contributed by atoms with van der Waals surface area (Å²) in [6.45, 7) is 5.47. The van der Waals surface area contributed by atoms with Crippen molar-refractivity contribution in [3.63, 3.8) is 0 Å². The van der Waals surface area contributed by atoms with Gasteiger partial charge in [0.1, 0.15) is 0 Å². The minimum Gasteiger partial charge on any atom is -0.393 e. The van der Waals surface area contributed by atoms with Crippen LogP contribution in [0, 0.1) is 41.9 Å². The van der Waals surface area contributed by atoms with Crippen molar-refractivity contribution in [3.8, 4) is 12.3 Å². The third kappa shape index (κ3) is 12.4. The van der Waals surface area contributed by atoms with E-state index in [1.54, 1.807) is 7.05 Å². The highest BCUT2D eigenvalue weighted by molar-refractivity contribution is 7.89. The van der Waals surface area contributed by atoms with Crippen molar-refractivity contribution in [1.29, 1.82) is 0 Å². The number of nitrogens with one attached hydrogen (secondary N) is 2. The smallest absolute Gasteiger partial charge is 0.225 e. The molecule has 0 spiro atoms. The average molecular weight is 653 g/mol. The standard InChI is InChI=1S/C34H60N4O6S/c1-5-17-38(18-6-2)34(42)29-20-25(7-3)19-28(22-29)33(41)35-31(21-26-13-15-30(39)16-14-26)32(40)23-37(4)36-45(43,44)24-27-11-9-8-10-12-27/h3,25-32,36,39-40H,5-6,8-24H2,1-2,4H3,(H,35,41). The molecule has 3 saturated carbocycles. The summed E-state index contributed by atoms with van der Waals surface area (Å²) in [4.78, 5) is 31.8. The molecular weight excluding hydrogens is 592 g/mol. The quantitative estimate of drug-likeness (QED) is 0.148. The number of amides is 2. The van der Waals surface area contributed by atoms with Crippen LogP contribution >= 0.6 is 0 Å². The molecule has 0 aromatic heterocycles. The van der Waals surface area contributed by atoms with Crippen LogP contribution in [0.1, 0.15) is 110 Å². The van der Waals surface area contributed by atoms with Crippen molar-refractivity contribution < 1.29 is 28.2 Å². The highest BCUT2D eigenvalue weighted by atomic mass is 32.2. The number of carbonyl (C=O) groups excluding carboxylic acids is 2. The molecule has 3 fully saturated rings. The van der Waals surface area contributed by atoms with E-state index in [0.717, 1.165) is 57.8 Å². The predicted octanol–water partition coefficient (Wildman–Crippen LogP) is 3.43. The van der Waals surface area contributed by atoms with Crippen molar-refractivity contribution in [2.24, 2.45) is 29.6 Å². The Morgan fingerprint density at radius 1 is 0.933 bits per heavy atom. The van der Waals surface area contributed by atoms with E-state index in [-0.39, 0.29) is 53.9 Å².